The zero-order valence-electron chi connectivity index (χ0n) is 17.0. The number of aryl methyl sites for hydroxylation is 2. The van der Waals surface area contributed by atoms with Crippen LogP contribution in [0.2, 0.25) is 0 Å². The Morgan fingerprint density at radius 2 is 1.83 bits per heavy atom. The SMILES string of the molecule is CNc1ncccc1-c1noc(/C(=C/c2ccc(C)c(C)c2)c2ccc(I)cc2)n1. The van der Waals surface area contributed by atoms with E-state index in [1.165, 1.54) is 14.7 Å². The first-order valence-electron chi connectivity index (χ1n) is 9.57. The van der Waals surface area contributed by atoms with E-state index in [1.807, 2.05) is 19.2 Å². The molecule has 1 N–H and O–H groups in total. The van der Waals surface area contributed by atoms with Gasteiger partial charge in [0.05, 0.1) is 5.56 Å². The minimum absolute atomic E-state index is 0.468. The van der Waals surface area contributed by atoms with Gasteiger partial charge in [0, 0.05) is 22.4 Å². The molecule has 0 fully saturated rings. The Hall–Kier alpha value is -3.00. The predicted molar refractivity (Wildman–Crippen MR) is 129 cm³/mol. The summed E-state index contributed by atoms with van der Waals surface area (Å²) in [6, 6.07) is 18.5. The van der Waals surface area contributed by atoms with Crippen LogP contribution in [0.4, 0.5) is 5.82 Å². The van der Waals surface area contributed by atoms with E-state index in [0.29, 0.717) is 17.5 Å². The third-order valence-corrected chi connectivity index (χ3v) is 5.66. The molecule has 30 heavy (non-hydrogen) atoms. The second kappa shape index (κ2) is 8.79. The minimum atomic E-state index is 0.468. The van der Waals surface area contributed by atoms with E-state index in [4.69, 9.17) is 9.51 Å². The highest BCUT2D eigenvalue weighted by atomic mass is 127. The summed E-state index contributed by atoms with van der Waals surface area (Å²) in [6.07, 6.45) is 3.82. The molecule has 2 heterocycles. The fourth-order valence-electron chi connectivity index (χ4n) is 3.15. The van der Waals surface area contributed by atoms with Gasteiger partial charge in [-0.2, -0.15) is 4.98 Å². The third kappa shape index (κ3) is 4.28. The Morgan fingerprint density at radius 1 is 1.03 bits per heavy atom. The van der Waals surface area contributed by atoms with E-state index in [-0.39, 0.29) is 0 Å². The first-order chi connectivity index (χ1) is 14.5. The van der Waals surface area contributed by atoms with E-state index in [1.54, 1.807) is 6.20 Å². The van der Waals surface area contributed by atoms with Gasteiger partial charge >= 0.3 is 0 Å². The van der Waals surface area contributed by atoms with Crippen LogP contribution in [-0.2, 0) is 0 Å². The Morgan fingerprint density at radius 3 is 2.57 bits per heavy atom. The normalized spacial score (nSPS) is 11.5. The lowest BCUT2D eigenvalue weighted by Crippen LogP contribution is -1.96. The first-order valence-corrected chi connectivity index (χ1v) is 10.6. The van der Waals surface area contributed by atoms with Crippen LogP contribution in [0.25, 0.3) is 23.0 Å². The summed E-state index contributed by atoms with van der Waals surface area (Å²) in [6.45, 7) is 4.23. The van der Waals surface area contributed by atoms with Crippen LogP contribution >= 0.6 is 22.6 Å². The maximum absolute atomic E-state index is 5.70. The van der Waals surface area contributed by atoms with E-state index in [9.17, 15) is 0 Å². The number of pyridine rings is 1. The van der Waals surface area contributed by atoms with Gasteiger partial charge in [0.25, 0.3) is 5.89 Å². The molecule has 2 aromatic heterocycles. The zero-order chi connectivity index (χ0) is 21.1. The van der Waals surface area contributed by atoms with Gasteiger partial charge in [0.1, 0.15) is 5.82 Å². The largest absolute Gasteiger partial charge is 0.373 e. The fraction of sp³-hybridized carbons (Fsp3) is 0.125. The van der Waals surface area contributed by atoms with Crippen molar-refractivity contribution in [1.29, 1.82) is 0 Å². The maximum Gasteiger partial charge on any atom is 0.258 e. The number of hydrogen-bond acceptors (Lipinski definition) is 5. The molecule has 5 nitrogen and oxygen atoms in total. The third-order valence-electron chi connectivity index (χ3n) is 4.94. The zero-order valence-corrected chi connectivity index (χ0v) is 19.1. The number of benzene rings is 2. The number of hydrogen-bond donors (Lipinski definition) is 1. The Kier molecular flexibility index (Phi) is 5.94. The molecule has 4 rings (SSSR count). The molecule has 4 aromatic rings. The molecule has 0 aliphatic carbocycles. The second-order valence-corrected chi connectivity index (χ2v) is 8.23. The van der Waals surface area contributed by atoms with E-state index < -0.39 is 0 Å². The molecule has 150 valence electrons. The van der Waals surface area contributed by atoms with Gasteiger partial charge in [-0.25, -0.2) is 4.98 Å². The number of rotatable bonds is 5. The lowest BCUT2D eigenvalue weighted by Gasteiger charge is -2.06. The average molecular weight is 508 g/mol. The molecular formula is C24H21IN4O. The highest BCUT2D eigenvalue weighted by Gasteiger charge is 2.17. The number of aromatic nitrogens is 3. The van der Waals surface area contributed by atoms with Crippen LogP contribution < -0.4 is 5.32 Å². The topological polar surface area (TPSA) is 63.8 Å². The standard InChI is InChI=1S/C24H21IN4O/c1-15-6-7-17(13-16(15)2)14-21(18-8-10-19(25)11-9-18)24-28-23(29-30-24)20-5-4-12-27-22(20)26-3/h4-14H,1-3H3,(H,26,27)/b21-14+. The van der Waals surface area contributed by atoms with Crippen molar-refractivity contribution < 1.29 is 4.52 Å². The highest BCUT2D eigenvalue weighted by molar-refractivity contribution is 14.1. The number of halogens is 1. The molecule has 0 saturated carbocycles. The molecule has 0 saturated heterocycles. The van der Waals surface area contributed by atoms with Gasteiger partial charge in [-0.15, -0.1) is 0 Å². The van der Waals surface area contributed by atoms with E-state index in [2.05, 4.69) is 100 Å². The summed E-state index contributed by atoms with van der Waals surface area (Å²) in [4.78, 5) is 9.03. The number of anilines is 1. The Labute approximate surface area is 189 Å². The molecule has 0 amide bonds. The van der Waals surface area contributed by atoms with Crippen molar-refractivity contribution in [3.05, 3.63) is 92.5 Å². The van der Waals surface area contributed by atoms with Crippen LogP contribution in [-0.4, -0.2) is 22.2 Å². The minimum Gasteiger partial charge on any atom is -0.373 e. The molecular weight excluding hydrogens is 487 g/mol. The van der Waals surface area contributed by atoms with Crippen LogP contribution in [0.3, 0.4) is 0 Å². The summed E-state index contributed by atoms with van der Waals surface area (Å²) in [5.74, 6) is 1.67. The van der Waals surface area contributed by atoms with Crippen molar-refractivity contribution in [2.75, 3.05) is 12.4 Å². The quantitative estimate of drug-likeness (QED) is 0.265. The second-order valence-electron chi connectivity index (χ2n) is 6.98. The lowest BCUT2D eigenvalue weighted by molar-refractivity contribution is 0.409. The van der Waals surface area contributed by atoms with Crippen LogP contribution in [0.15, 0.2) is 65.3 Å². The van der Waals surface area contributed by atoms with Crippen molar-refractivity contribution in [3.63, 3.8) is 0 Å². The van der Waals surface area contributed by atoms with Crippen molar-refractivity contribution in [2.24, 2.45) is 0 Å². The molecule has 0 spiro atoms. The van der Waals surface area contributed by atoms with Gasteiger partial charge in [0.2, 0.25) is 5.82 Å². The molecule has 6 heteroatoms. The molecule has 0 atom stereocenters. The summed E-state index contributed by atoms with van der Waals surface area (Å²) in [7, 11) is 1.82. The van der Waals surface area contributed by atoms with Crippen LogP contribution in [0.1, 0.15) is 28.1 Å². The average Bonchev–Trinajstić information content (AvgIpc) is 3.25. The molecule has 0 radical (unpaired) electrons. The smallest absolute Gasteiger partial charge is 0.258 e. The van der Waals surface area contributed by atoms with Crippen molar-refractivity contribution in [3.8, 4) is 11.4 Å². The summed E-state index contributed by atoms with van der Waals surface area (Å²) >= 11 is 2.30. The Bertz CT molecular complexity index is 1210. The van der Waals surface area contributed by atoms with E-state index >= 15 is 0 Å². The molecule has 0 aliphatic heterocycles. The van der Waals surface area contributed by atoms with Crippen molar-refractivity contribution in [1.82, 2.24) is 15.1 Å². The van der Waals surface area contributed by atoms with Gasteiger partial charge < -0.3 is 9.84 Å². The van der Waals surface area contributed by atoms with Crippen LogP contribution in [0.5, 0.6) is 0 Å². The summed E-state index contributed by atoms with van der Waals surface area (Å²) in [5.41, 5.74) is 6.28. The molecule has 0 bridgehead atoms. The lowest BCUT2D eigenvalue weighted by atomic mass is 10.0. The number of nitrogens with one attached hydrogen (secondary N) is 1. The summed E-state index contributed by atoms with van der Waals surface area (Å²) in [5, 5.41) is 7.30. The summed E-state index contributed by atoms with van der Waals surface area (Å²) < 4.78 is 6.87. The highest BCUT2D eigenvalue weighted by Crippen LogP contribution is 2.29. The predicted octanol–water partition coefficient (Wildman–Crippen LogP) is 5.98. The maximum atomic E-state index is 5.70. The van der Waals surface area contributed by atoms with Gasteiger partial charge in [-0.1, -0.05) is 35.5 Å². The first kappa shape index (κ1) is 20.3. The van der Waals surface area contributed by atoms with Crippen LogP contribution in [0, 0.1) is 17.4 Å². The number of nitrogens with zero attached hydrogens (tertiary/aromatic N) is 3. The van der Waals surface area contributed by atoms with Crippen molar-refractivity contribution >= 4 is 40.1 Å². The van der Waals surface area contributed by atoms with Gasteiger partial charge in [-0.05, 0) is 89.0 Å². The fourth-order valence-corrected chi connectivity index (χ4v) is 3.51. The monoisotopic (exact) mass is 508 g/mol. The van der Waals surface area contributed by atoms with E-state index in [0.717, 1.165) is 22.3 Å². The Balaban J connectivity index is 1.82. The molecule has 2 aromatic carbocycles. The van der Waals surface area contributed by atoms with Gasteiger partial charge in [-0.3, -0.25) is 0 Å². The van der Waals surface area contributed by atoms with Crippen molar-refractivity contribution in [2.45, 2.75) is 13.8 Å². The molecule has 0 aliphatic rings. The van der Waals surface area contributed by atoms with Gasteiger partial charge in [0.15, 0.2) is 0 Å². The molecule has 0 unspecified atom stereocenters.